The van der Waals surface area contributed by atoms with Crippen molar-refractivity contribution in [1.82, 2.24) is 14.6 Å². The maximum atomic E-state index is 13.9. The lowest BCUT2D eigenvalue weighted by molar-refractivity contribution is -0.127. The van der Waals surface area contributed by atoms with E-state index in [0.29, 0.717) is 17.7 Å². The Morgan fingerprint density at radius 2 is 1.83 bits per heavy atom. The number of nitrogen functional groups attached to an aromatic ring is 1. The minimum atomic E-state index is -1.02. The summed E-state index contributed by atoms with van der Waals surface area (Å²) in [5.74, 6) is -1.30. The number of furan rings is 1. The lowest BCUT2D eigenvalue weighted by Crippen LogP contribution is -2.50. The van der Waals surface area contributed by atoms with Crippen molar-refractivity contribution in [2.75, 3.05) is 24.7 Å². The molecule has 0 aliphatic carbocycles. The highest BCUT2D eigenvalue weighted by molar-refractivity contribution is 7.09. The molecular weight excluding hydrogens is 480 g/mol. The van der Waals surface area contributed by atoms with E-state index in [9.17, 15) is 14.4 Å². The smallest absolute Gasteiger partial charge is 0.270 e. The molecule has 5 N–H and O–H groups in total. The Morgan fingerprint density at radius 3 is 2.33 bits per heavy atom. The van der Waals surface area contributed by atoms with Crippen LogP contribution in [-0.4, -0.2) is 46.6 Å². The number of rotatable bonds is 10. The SMILES string of the molecule is CCC(C)(C)NC(=O)[C@@H](c1ccc(N(C)C)cc1)N(Cc1ccco1)C(=O)c1snc(C(N)=O)c1N. The predicted molar refractivity (Wildman–Crippen MR) is 140 cm³/mol. The summed E-state index contributed by atoms with van der Waals surface area (Å²) in [5.41, 5.74) is 12.2. The maximum absolute atomic E-state index is 13.9. The summed E-state index contributed by atoms with van der Waals surface area (Å²) in [7, 11) is 3.83. The number of benzene rings is 1. The molecule has 0 bridgehead atoms. The van der Waals surface area contributed by atoms with Gasteiger partial charge in [0.2, 0.25) is 5.91 Å². The fourth-order valence-corrected chi connectivity index (χ4v) is 4.29. The van der Waals surface area contributed by atoms with Gasteiger partial charge < -0.3 is 31.0 Å². The van der Waals surface area contributed by atoms with Crippen LogP contribution in [0, 0.1) is 0 Å². The second-order valence-corrected chi connectivity index (χ2v) is 10.0. The van der Waals surface area contributed by atoms with Crippen molar-refractivity contribution in [2.24, 2.45) is 5.73 Å². The molecular formula is C25H32N6O4S. The van der Waals surface area contributed by atoms with Crippen molar-refractivity contribution in [3.63, 3.8) is 0 Å². The summed E-state index contributed by atoms with van der Waals surface area (Å²) in [5, 5.41) is 3.05. The minimum Gasteiger partial charge on any atom is -0.467 e. The standard InChI is InChI=1S/C25H32N6O4S/c1-6-25(2,3)28-23(33)20(15-9-11-16(12-10-15)30(4)5)31(14-17-8-7-13-35-17)24(34)21-18(26)19(22(27)32)29-36-21/h7-13,20H,6,14,26H2,1-5H3,(H2,27,32)(H,28,33)/t20-/m1/s1. The topological polar surface area (TPSA) is 148 Å². The molecule has 3 aromatic rings. The van der Waals surface area contributed by atoms with E-state index in [0.717, 1.165) is 17.2 Å². The van der Waals surface area contributed by atoms with E-state index in [-0.39, 0.29) is 28.7 Å². The summed E-state index contributed by atoms with van der Waals surface area (Å²) in [6.45, 7) is 5.78. The molecule has 0 spiro atoms. The first kappa shape index (κ1) is 26.7. The Labute approximate surface area is 214 Å². The molecule has 0 saturated carbocycles. The van der Waals surface area contributed by atoms with Crippen molar-refractivity contribution in [2.45, 2.75) is 45.3 Å². The summed E-state index contributed by atoms with van der Waals surface area (Å²) in [6, 6.07) is 9.77. The van der Waals surface area contributed by atoms with E-state index in [2.05, 4.69) is 9.69 Å². The van der Waals surface area contributed by atoms with E-state index in [1.165, 1.54) is 11.2 Å². The number of hydrogen-bond donors (Lipinski definition) is 3. The van der Waals surface area contributed by atoms with E-state index in [4.69, 9.17) is 15.9 Å². The highest BCUT2D eigenvalue weighted by Gasteiger charge is 2.37. The maximum Gasteiger partial charge on any atom is 0.270 e. The quantitative estimate of drug-likeness (QED) is 0.378. The molecule has 0 aliphatic rings. The van der Waals surface area contributed by atoms with E-state index in [1.54, 1.807) is 12.1 Å². The Kier molecular flexibility index (Phi) is 8.03. The molecule has 0 aliphatic heterocycles. The molecule has 2 heterocycles. The highest BCUT2D eigenvalue weighted by Crippen LogP contribution is 2.31. The minimum absolute atomic E-state index is 0.0187. The number of nitrogens with one attached hydrogen (secondary N) is 1. The first-order chi connectivity index (χ1) is 16.9. The largest absolute Gasteiger partial charge is 0.467 e. The first-order valence-electron chi connectivity index (χ1n) is 11.4. The molecule has 10 nitrogen and oxygen atoms in total. The van der Waals surface area contributed by atoms with Gasteiger partial charge in [0.15, 0.2) is 5.69 Å². The Hall–Kier alpha value is -3.86. The number of carbonyl (C=O) groups is 3. The number of amides is 3. The van der Waals surface area contributed by atoms with Crippen LogP contribution in [0.5, 0.6) is 0 Å². The predicted octanol–water partition coefficient (Wildman–Crippen LogP) is 3.17. The zero-order chi connectivity index (χ0) is 26.6. The fourth-order valence-electron chi connectivity index (χ4n) is 3.53. The second kappa shape index (κ2) is 10.8. The number of primary amides is 1. The van der Waals surface area contributed by atoms with Gasteiger partial charge in [0.05, 0.1) is 18.5 Å². The van der Waals surface area contributed by atoms with Gasteiger partial charge in [-0.05, 0) is 61.6 Å². The van der Waals surface area contributed by atoms with E-state index < -0.39 is 23.4 Å². The van der Waals surface area contributed by atoms with Crippen LogP contribution >= 0.6 is 11.5 Å². The zero-order valence-corrected chi connectivity index (χ0v) is 21.9. The number of anilines is 2. The average molecular weight is 513 g/mol. The van der Waals surface area contributed by atoms with Gasteiger partial charge in [0.25, 0.3) is 11.8 Å². The molecule has 1 atom stereocenters. The molecule has 11 heteroatoms. The fraction of sp³-hybridized carbons (Fsp3) is 0.360. The Balaban J connectivity index is 2.14. The molecule has 2 aromatic heterocycles. The lowest BCUT2D eigenvalue weighted by atomic mass is 9.98. The molecule has 0 unspecified atom stereocenters. The number of aromatic nitrogens is 1. The zero-order valence-electron chi connectivity index (χ0n) is 21.1. The number of carbonyl (C=O) groups excluding carboxylic acids is 3. The number of nitrogens with two attached hydrogens (primary N) is 2. The van der Waals surface area contributed by atoms with Crippen molar-refractivity contribution < 1.29 is 18.8 Å². The van der Waals surface area contributed by atoms with Gasteiger partial charge in [0, 0.05) is 25.3 Å². The normalized spacial score (nSPS) is 12.1. The third-order valence-electron chi connectivity index (χ3n) is 5.95. The third-order valence-corrected chi connectivity index (χ3v) is 6.80. The van der Waals surface area contributed by atoms with Gasteiger partial charge in [-0.3, -0.25) is 14.4 Å². The molecule has 36 heavy (non-hydrogen) atoms. The average Bonchev–Trinajstić information content (AvgIpc) is 3.47. The van der Waals surface area contributed by atoms with Crippen LogP contribution < -0.4 is 21.7 Å². The summed E-state index contributed by atoms with van der Waals surface area (Å²) < 4.78 is 9.47. The van der Waals surface area contributed by atoms with Crippen molar-refractivity contribution in [1.29, 1.82) is 0 Å². The van der Waals surface area contributed by atoms with Gasteiger partial charge in [-0.25, -0.2) is 0 Å². The van der Waals surface area contributed by atoms with Crippen molar-refractivity contribution >= 4 is 40.6 Å². The number of nitrogens with zero attached hydrogens (tertiary/aromatic N) is 3. The van der Waals surface area contributed by atoms with Crippen LogP contribution in [0.25, 0.3) is 0 Å². The molecule has 1 aromatic carbocycles. The van der Waals surface area contributed by atoms with Crippen LogP contribution in [0.15, 0.2) is 47.1 Å². The molecule has 0 saturated heterocycles. The van der Waals surface area contributed by atoms with Crippen LogP contribution in [0.2, 0.25) is 0 Å². The van der Waals surface area contributed by atoms with Gasteiger partial charge in [-0.1, -0.05) is 19.1 Å². The molecule has 192 valence electrons. The van der Waals surface area contributed by atoms with Gasteiger partial charge in [-0.2, -0.15) is 4.37 Å². The van der Waals surface area contributed by atoms with Crippen LogP contribution in [0.3, 0.4) is 0 Å². The summed E-state index contributed by atoms with van der Waals surface area (Å²) in [6.07, 6.45) is 2.17. The van der Waals surface area contributed by atoms with Crippen LogP contribution in [-0.2, 0) is 11.3 Å². The van der Waals surface area contributed by atoms with Gasteiger partial charge in [-0.15, -0.1) is 0 Å². The Morgan fingerprint density at radius 1 is 1.17 bits per heavy atom. The monoisotopic (exact) mass is 512 g/mol. The van der Waals surface area contributed by atoms with Gasteiger partial charge >= 0.3 is 0 Å². The van der Waals surface area contributed by atoms with Crippen molar-refractivity contribution in [3.8, 4) is 0 Å². The second-order valence-electron chi connectivity index (χ2n) is 9.27. The summed E-state index contributed by atoms with van der Waals surface area (Å²) >= 11 is 0.766. The molecule has 0 fully saturated rings. The molecule has 3 amide bonds. The first-order valence-corrected chi connectivity index (χ1v) is 12.2. The highest BCUT2D eigenvalue weighted by atomic mass is 32.1. The van der Waals surface area contributed by atoms with Crippen molar-refractivity contribution in [3.05, 3.63) is 64.6 Å². The molecule has 0 radical (unpaired) electrons. The number of hydrogen-bond acceptors (Lipinski definition) is 8. The van der Waals surface area contributed by atoms with E-state index in [1.807, 2.05) is 64.0 Å². The van der Waals surface area contributed by atoms with Crippen LogP contribution in [0.1, 0.15) is 64.7 Å². The third kappa shape index (κ3) is 5.85. The van der Waals surface area contributed by atoms with Crippen LogP contribution in [0.4, 0.5) is 11.4 Å². The summed E-state index contributed by atoms with van der Waals surface area (Å²) in [4.78, 5) is 42.7. The Bertz CT molecular complexity index is 1220. The molecule has 3 rings (SSSR count). The van der Waals surface area contributed by atoms with Gasteiger partial charge in [0.1, 0.15) is 16.7 Å². The van der Waals surface area contributed by atoms with E-state index >= 15 is 0 Å². The lowest BCUT2D eigenvalue weighted by Gasteiger charge is -2.34.